The number of sulfonamides is 1. The standard InChI is InChI=1S/C21H25N3O5S/c25-20(16-23-21(26)18-4-2-1-3-5-18)22-11-10-17-6-8-19(9-7-17)30(27,28)24-12-14-29-15-13-24/h1-9H,10-16H2,(H,22,25)(H,23,26). The van der Waals surface area contributed by atoms with Crippen molar-refractivity contribution < 1.29 is 22.7 Å². The molecule has 0 saturated carbocycles. The molecule has 1 aliphatic rings. The van der Waals surface area contributed by atoms with Crippen LogP contribution >= 0.6 is 0 Å². The van der Waals surface area contributed by atoms with Crippen molar-refractivity contribution in [2.24, 2.45) is 0 Å². The Kier molecular flexibility index (Phi) is 7.56. The fourth-order valence-electron chi connectivity index (χ4n) is 3.03. The third-order valence-electron chi connectivity index (χ3n) is 4.71. The van der Waals surface area contributed by atoms with E-state index >= 15 is 0 Å². The van der Waals surface area contributed by atoms with Gasteiger partial charge in [-0.1, -0.05) is 30.3 Å². The molecular formula is C21H25N3O5S. The molecule has 0 bridgehead atoms. The molecule has 1 aliphatic heterocycles. The number of carbonyl (C=O) groups excluding carboxylic acids is 2. The van der Waals surface area contributed by atoms with E-state index in [0.717, 1.165) is 5.56 Å². The highest BCUT2D eigenvalue weighted by atomic mass is 32.2. The quantitative estimate of drug-likeness (QED) is 0.643. The Bertz CT molecular complexity index is 956. The van der Waals surface area contributed by atoms with Gasteiger partial charge in [-0.25, -0.2) is 8.42 Å². The maximum absolute atomic E-state index is 12.6. The first-order chi connectivity index (χ1) is 14.5. The molecule has 9 heteroatoms. The molecule has 0 aromatic heterocycles. The highest BCUT2D eigenvalue weighted by Gasteiger charge is 2.26. The molecule has 1 fully saturated rings. The average molecular weight is 432 g/mol. The third kappa shape index (κ3) is 5.88. The van der Waals surface area contributed by atoms with E-state index in [2.05, 4.69) is 10.6 Å². The number of ether oxygens (including phenoxy) is 1. The Balaban J connectivity index is 1.42. The van der Waals surface area contributed by atoms with Crippen LogP contribution in [0.4, 0.5) is 0 Å². The van der Waals surface area contributed by atoms with Gasteiger partial charge in [-0.15, -0.1) is 0 Å². The Labute approximate surface area is 176 Å². The number of hydrogen-bond donors (Lipinski definition) is 2. The van der Waals surface area contributed by atoms with Crippen molar-refractivity contribution in [2.45, 2.75) is 11.3 Å². The third-order valence-corrected chi connectivity index (χ3v) is 6.63. The van der Waals surface area contributed by atoms with E-state index in [1.54, 1.807) is 48.5 Å². The van der Waals surface area contributed by atoms with Crippen LogP contribution < -0.4 is 10.6 Å². The van der Waals surface area contributed by atoms with Gasteiger partial charge in [0.15, 0.2) is 0 Å². The number of nitrogens with one attached hydrogen (secondary N) is 2. The summed E-state index contributed by atoms with van der Waals surface area (Å²) < 4.78 is 31.8. The van der Waals surface area contributed by atoms with Crippen LogP contribution in [0, 0.1) is 0 Å². The minimum absolute atomic E-state index is 0.107. The van der Waals surface area contributed by atoms with Gasteiger partial charge in [-0.05, 0) is 36.2 Å². The monoisotopic (exact) mass is 431 g/mol. The summed E-state index contributed by atoms with van der Waals surface area (Å²) in [6, 6.07) is 15.3. The van der Waals surface area contributed by atoms with Crippen molar-refractivity contribution in [1.29, 1.82) is 0 Å². The van der Waals surface area contributed by atoms with Crippen molar-refractivity contribution in [2.75, 3.05) is 39.4 Å². The predicted molar refractivity (Wildman–Crippen MR) is 112 cm³/mol. The van der Waals surface area contributed by atoms with Crippen LogP contribution in [0.3, 0.4) is 0 Å². The van der Waals surface area contributed by atoms with Crippen molar-refractivity contribution in [1.82, 2.24) is 14.9 Å². The van der Waals surface area contributed by atoms with Gasteiger partial charge in [0, 0.05) is 25.2 Å². The minimum Gasteiger partial charge on any atom is -0.379 e. The van der Waals surface area contributed by atoms with Gasteiger partial charge in [0.05, 0.1) is 24.7 Å². The van der Waals surface area contributed by atoms with E-state index in [4.69, 9.17) is 4.74 Å². The number of benzene rings is 2. The molecule has 1 saturated heterocycles. The minimum atomic E-state index is -3.51. The van der Waals surface area contributed by atoms with Crippen LogP contribution in [0.15, 0.2) is 59.5 Å². The second kappa shape index (κ2) is 10.3. The lowest BCUT2D eigenvalue weighted by Gasteiger charge is -2.26. The zero-order valence-corrected chi connectivity index (χ0v) is 17.4. The fourth-order valence-corrected chi connectivity index (χ4v) is 4.43. The van der Waals surface area contributed by atoms with Gasteiger partial charge in [0.25, 0.3) is 5.91 Å². The second-order valence-corrected chi connectivity index (χ2v) is 8.75. The molecule has 0 spiro atoms. The molecule has 30 heavy (non-hydrogen) atoms. The molecule has 0 aliphatic carbocycles. The number of rotatable bonds is 8. The lowest BCUT2D eigenvalue weighted by Crippen LogP contribution is -2.40. The van der Waals surface area contributed by atoms with E-state index in [9.17, 15) is 18.0 Å². The molecular weight excluding hydrogens is 406 g/mol. The Hall–Kier alpha value is -2.75. The van der Waals surface area contributed by atoms with Gasteiger partial charge in [-0.3, -0.25) is 9.59 Å². The molecule has 2 N–H and O–H groups in total. The van der Waals surface area contributed by atoms with Gasteiger partial charge in [0.1, 0.15) is 0 Å². The summed E-state index contributed by atoms with van der Waals surface area (Å²) in [5, 5.41) is 5.31. The molecule has 1 heterocycles. The van der Waals surface area contributed by atoms with Crippen LogP contribution in [-0.2, 0) is 26.0 Å². The van der Waals surface area contributed by atoms with Gasteiger partial charge < -0.3 is 15.4 Å². The van der Waals surface area contributed by atoms with Crippen molar-refractivity contribution in [3.05, 3.63) is 65.7 Å². The lowest BCUT2D eigenvalue weighted by molar-refractivity contribution is -0.120. The average Bonchev–Trinajstić information content (AvgIpc) is 2.79. The first-order valence-electron chi connectivity index (χ1n) is 9.73. The molecule has 3 rings (SSSR count). The van der Waals surface area contributed by atoms with Crippen LogP contribution in [-0.4, -0.2) is 63.9 Å². The van der Waals surface area contributed by atoms with Crippen molar-refractivity contribution >= 4 is 21.8 Å². The summed E-state index contributed by atoms with van der Waals surface area (Å²) in [7, 11) is -3.51. The number of amides is 2. The fraction of sp³-hybridized carbons (Fsp3) is 0.333. The zero-order chi connectivity index (χ0) is 21.4. The molecule has 0 unspecified atom stereocenters. The van der Waals surface area contributed by atoms with Crippen LogP contribution in [0.2, 0.25) is 0 Å². The van der Waals surface area contributed by atoms with E-state index < -0.39 is 10.0 Å². The van der Waals surface area contributed by atoms with Crippen LogP contribution in [0.1, 0.15) is 15.9 Å². The van der Waals surface area contributed by atoms with Crippen molar-refractivity contribution in [3.8, 4) is 0 Å². The summed E-state index contributed by atoms with van der Waals surface area (Å²) in [6.45, 7) is 1.81. The molecule has 2 aromatic rings. The smallest absolute Gasteiger partial charge is 0.251 e. The largest absolute Gasteiger partial charge is 0.379 e. The summed E-state index contributed by atoms with van der Waals surface area (Å²) in [6.07, 6.45) is 0.552. The van der Waals surface area contributed by atoms with Gasteiger partial charge in [0.2, 0.25) is 15.9 Å². The number of hydrogen-bond acceptors (Lipinski definition) is 5. The highest BCUT2D eigenvalue weighted by Crippen LogP contribution is 2.17. The van der Waals surface area contributed by atoms with E-state index in [1.807, 2.05) is 6.07 Å². The van der Waals surface area contributed by atoms with Crippen LogP contribution in [0.25, 0.3) is 0 Å². The molecule has 0 atom stereocenters. The summed E-state index contributed by atoms with van der Waals surface area (Å²) >= 11 is 0. The molecule has 2 amide bonds. The first-order valence-corrected chi connectivity index (χ1v) is 11.2. The molecule has 160 valence electrons. The molecule has 8 nitrogen and oxygen atoms in total. The van der Waals surface area contributed by atoms with Gasteiger partial charge >= 0.3 is 0 Å². The molecule has 0 radical (unpaired) electrons. The van der Waals surface area contributed by atoms with Crippen molar-refractivity contribution in [3.63, 3.8) is 0 Å². The molecule has 2 aromatic carbocycles. The van der Waals surface area contributed by atoms with E-state index in [1.165, 1.54) is 4.31 Å². The maximum atomic E-state index is 12.6. The Morgan fingerprint density at radius 1 is 0.933 bits per heavy atom. The van der Waals surface area contributed by atoms with Crippen LogP contribution in [0.5, 0.6) is 0 Å². The normalized spacial score (nSPS) is 14.8. The number of carbonyl (C=O) groups is 2. The Morgan fingerprint density at radius 2 is 1.60 bits per heavy atom. The number of morpholine rings is 1. The maximum Gasteiger partial charge on any atom is 0.251 e. The lowest BCUT2D eigenvalue weighted by atomic mass is 10.1. The SMILES string of the molecule is O=C(CNC(=O)c1ccccc1)NCCc1ccc(S(=O)(=O)N2CCOCC2)cc1. The second-order valence-electron chi connectivity index (χ2n) is 6.81. The Morgan fingerprint density at radius 3 is 2.27 bits per heavy atom. The van der Waals surface area contributed by atoms with E-state index in [0.29, 0.717) is 44.8 Å². The van der Waals surface area contributed by atoms with E-state index in [-0.39, 0.29) is 23.3 Å². The highest BCUT2D eigenvalue weighted by molar-refractivity contribution is 7.89. The number of nitrogens with zero attached hydrogens (tertiary/aromatic N) is 1. The zero-order valence-electron chi connectivity index (χ0n) is 16.5. The summed E-state index contributed by atoms with van der Waals surface area (Å²) in [5.41, 5.74) is 1.40. The first kappa shape index (κ1) is 21.9. The topological polar surface area (TPSA) is 105 Å². The van der Waals surface area contributed by atoms with Gasteiger partial charge in [-0.2, -0.15) is 4.31 Å². The summed E-state index contributed by atoms with van der Waals surface area (Å²) in [4.78, 5) is 24.1. The summed E-state index contributed by atoms with van der Waals surface area (Å²) in [5.74, 6) is -0.589. The predicted octanol–water partition coefficient (Wildman–Crippen LogP) is 0.796.